The van der Waals surface area contributed by atoms with Crippen LogP contribution >= 0.6 is 0 Å². The van der Waals surface area contributed by atoms with Crippen LogP contribution in [-0.4, -0.2) is 0 Å². The summed E-state index contributed by atoms with van der Waals surface area (Å²) in [5.41, 5.74) is 0. The van der Waals surface area contributed by atoms with Crippen molar-refractivity contribution in [3.63, 3.8) is 0 Å². The maximum atomic E-state index is 8.74. The van der Waals surface area contributed by atoms with Gasteiger partial charge in [0.2, 0.25) is 0 Å². The van der Waals surface area contributed by atoms with Gasteiger partial charge in [0.05, 0.1) is 0 Å². The van der Waals surface area contributed by atoms with Crippen molar-refractivity contribution in [1.29, 1.82) is 0 Å². The van der Waals surface area contributed by atoms with Crippen LogP contribution in [0, 0.1) is 6.61 Å². The maximum Gasteiger partial charge on any atom is 0.122 e. The van der Waals surface area contributed by atoms with Crippen molar-refractivity contribution in [3.8, 4) is 0 Å². The van der Waals surface area contributed by atoms with E-state index < -0.39 is 0 Å². The fourth-order valence-corrected chi connectivity index (χ4v) is 0. The highest BCUT2D eigenvalue weighted by molar-refractivity contribution is 4.19. The fraction of sp³-hybridized carbons (Fsp3) is 0.500. The molecule has 0 aliphatic heterocycles. The zero-order valence-electron chi connectivity index (χ0n) is 2.39. The molecule has 0 N–H and O–H groups in total. The third kappa shape index (κ3) is 1.92. The van der Waals surface area contributed by atoms with Crippen LogP contribution in [-0.2, 0) is 10.1 Å². The quantitative estimate of drug-likeness (QED) is 0.320. The summed E-state index contributed by atoms with van der Waals surface area (Å²) in [5.74, 6) is 0. The molecule has 0 rings (SSSR count). The Morgan fingerprint density at radius 3 is 2.25 bits per heavy atom. The van der Waals surface area contributed by atoms with Crippen molar-refractivity contribution in [3.05, 3.63) is 6.61 Å². The second-order valence-corrected chi connectivity index (χ2v) is 0.332. The summed E-state index contributed by atoms with van der Waals surface area (Å²) in [6.45, 7) is 2.59. The number of rotatable bonds is 1. The van der Waals surface area contributed by atoms with Crippen LogP contribution in [0.1, 0.15) is 6.92 Å². The monoisotopic (exact) mass is 60.0 g/mol. The van der Waals surface area contributed by atoms with Crippen LogP contribution in [0.5, 0.6) is 0 Å². The largest absolute Gasteiger partial charge is 0.198 e. The molecule has 0 spiro atoms. The summed E-state index contributed by atoms with van der Waals surface area (Å²) >= 11 is 0. The third-order valence-electron chi connectivity index (χ3n) is 0.0962. The lowest BCUT2D eigenvalue weighted by Crippen LogP contribution is -1.62. The molecular formula is C2H4O2. The molecule has 0 unspecified atom stereocenters. The molecule has 0 aromatic heterocycles. The average molecular weight is 60.1 g/mol. The predicted molar refractivity (Wildman–Crippen MR) is 11.7 cm³/mol. The van der Waals surface area contributed by atoms with Crippen molar-refractivity contribution in [2.75, 3.05) is 0 Å². The first-order valence-electron chi connectivity index (χ1n) is 0.980. The minimum atomic E-state index is 1.07. The normalized spacial score (nSPS) is 7.50. The molecule has 0 heterocycles. The van der Waals surface area contributed by atoms with Crippen LogP contribution in [0.4, 0.5) is 0 Å². The van der Waals surface area contributed by atoms with E-state index in [-0.39, 0.29) is 0 Å². The van der Waals surface area contributed by atoms with Crippen LogP contribution in [0.25, 0.3) is 0 Å². The van der Waals surface area contributed by atoms with Gasteiger partial charge in [-0.15, -0.1) is 0 Å². The molecule has 0 atom stereocenters. The van der Waals surface area contributed by atoms with Crippen LogP contribution in [0.3, 0.4) is 0 Å². The van der Waals surface area contributed by atoms with Gasteiger partial charge in [0.25, 0.3) is 0 Å². The standard InChI is InChI=1S/C2H4O2/c1-2-4-3/h2H,1H3. The molecule has 0 aromatic rings. The van der Waals surface area contributed by atoms with E-state index in [1.807, 2.05) is 0 Å². The molecule has 0 bridgehead atoms. The first kappa shape index (κ1) is 3.92. The first-order chi connectivity index (χ1) is 1.91. The molecule has 0 aliphatic rings. The van der Waals surface area contributed by atoms with E-state index in [1.54, 1.807) is 0 Å². The van der Waals surface area contributed by atoms with Crippen molar-refractivity contribution in [1.82, 2.24) is 0 Å². The summed E-state index contributed by atoms with van der Waals surface area (Å²) in [6.07, 6.45) is 0. The molecule has 2 heteroatoms. The van der Waals surface area contributed by atoms with Crippen LogP contribution < -0.4 is 0 Å². The molecule has 4 heavy (non-hydrogen) atoms. The summed E-state index contributed by atoms with van der Waals surface area (Å²) in [6, 6.07) is 0. The molecule has 0 saturated carbocycles. The molecule has 0 saturated heterocycles. The Balaban J connectivity index is 1.97. The smallest absolute Gasteiger partial charge is 0.122 e. The number of hydrogen-bond acceptors (Lipinski definition) is 1. The molecule has 0 fully saturated rings. The molecule has 2 radical (unpaired) electrons. The highest BCUT2D eigenvalue weighted by Crippen LogP contribution is 1.64. The van der Waals surface area contributed by atoms with Gasteiger partial charge in [-0.3, -0.25) is 0 Å². The van der Waals surface area contributed by atoms with Gasteiger partial charge in [-0.2, -0.15) is 4.89 Å². The topological polar surface area (TPSA) is 29.1 Å². The van der Waals surface area contributed by atoms with E-state index in [2.05, 4.69) is 4.89 Å². The fourth-order valence-electron chi connectivity index (χ4n) is 0. The highest BCUT2D eigenvalue weighted by Gasteiger charge is 1.59. The Bertz CT molecular complexity index is 6.00. The Morgan fingerprint density at radius 1 is 2.00 bits per heavy atom. The van der Waals surface area contributed by atoms with Crippen molar-refractivity contribution >= 4 is 0 Å². The predicted octanol–water partition coefficient (Wildman–Crippen LogP) is 0.530. The zero-order valence-corrected chi connectivity index (χ0v) is 2.39. The van der Waals surface area contributed by atoms with E-state index in [1.165, 1.54) is 6.92 Å². The van der Waals surface area contributed by atoms with E-state index in [0.717, 1.165) is 6.61 Å². The van der Waals surface area contributed by atoms with Crippen molar-refractivity contribution in [2.45, 2.75) is 6.92 Å². The minimum Gasteiger partial charge on any atom is -0.198 e. The molecule has 0 amide bonds. The third-order valence-corrected chi connectivity index (χ3v) is 0.0962. The average Bonchev–Trinajstić information content (AvgIpc) is 1.37. The lowest BCUT2D eigenvalue weighted by Gasteiger charge is -1.66. The van der Waals surface area contributed by atoms with Gasteiger partial charge in [-0.1, -0.05) is 0 Å². The molecule has 24 valence electrons. The van der Waals surface area contributed by atoms with Crippen molar-refractivity contribution < 1.29 is 10.1 Å². The van der Waals surface area contributed by atoms with E-state index in [9.17, 15) is 0 Å². The van der Waals surface area contributed by atoms with Gasteiger partial charge in [0.15, 0.2) is 0 Å². The SMILES string of the molecule is C[CH]O[O]. The maximum absolute atomic E-state index is 8.74. The van der Waals surface area contributed by atoms with Crippen LogP contribution in [0.2, 0.25) is 0 Å². The Hall–Kier alpha value is -0.0800. The second-order valence-electron chi connectivity index (χ2n) is 0.332. The Morgan fingerprint density at radius 2 is 2.25 bits per heavy atom. The summed E-state index contributed by atoms with van der Waals surface area (Å²) in [5, 5.41) is 8.74. The van der Waals surface area contributed by atoms with Gasteiger partial charge in [0, 0.05) is 0 Å². The molecule has 0 aliphatic carbocycles. The zero-order chi connectivity index (χ0) is 3.41. The minimum absolute atomic E-state index is 1.07. The number of hydrogen-bond donors (Lipinski definition) is 0. The summed E-state index contributed by atoms with van der Waals surface area (Å²) < 4.78 is 0. The van der Waals surface area contributed by atoms with Gasteiger partial charge in [0.1, 0.15) is 6.61 Å². The molecular weight excluding hydrogens is 56.0 g/mol. The highest BCUT2D eigenvalue weighted by atomic mass is 17.1. The lowest BCUT2D eigenvalue weighted by atomic mass is 10.9. The van der Waals surface area contributed by atoms with Gasteiger partial charge < -0.3 is 0 Å². The Labute approximate surface area is 24.9 Å². The Kier molecular flexibility index (Phi) is 2.86. The molecule has 0 aromatic carbocycles. The van der Waals surface area contributed by atoms with Crippen LogP contribution in [0.15, 0.2) is 0 Å². The van der Waals surface area contributed by atoms with Gasteiger partial charge >= 0.3 is 0 Å². The van der Waals surface area contributed by atoms with Crippen molar-refractivity contribution in [2.24, 2.45) is 0 Å². The van der Waals surface area contributed by atoms with E-state index in [4.69, 9.17) is 5.26 Å². The lowest BCUT2D eigenvalue weighted by molar-refractivity contribution is -0.273. The second kappa shape index (κ2) is 2.92. The molecule has 2 nitrogen and oxygen atoms in total. The van der Waals surface area contributed by atoms with Gasteiger partial charge in [-0.05, 0) is 12.2 Å². The summed E-state index contributed by atoms with van der Waals surface area (Å²) in [4.78, 5) is 3.17. The van der Waals surface area contributed by atoms with E-state index in [0.29, 0.717) is 0 Å². The van der Waals surface area contributed by atoms with E-state index >= 15 is 0 Å². The first-order valence-corrected chi connectivity index (χ1v) is 0.980. The van der Waals surface area contributed by atoms with Gasteiger partial charge in [-0.25, -0.2) is 0 Å². The summed E-state index contributed by atoms with van der Waals surface area (Å²) in [7, 11) is 0.